The Labute approximate surface area is 131 Å². The highest BCUT2D eigenvalue weighted by Crippen LogP contribution is 2.23. The minimum atomic E-state index is -0.0134. The Bertz CT molecular complexity index is 626. The van der Waals surface area contributed by atoms with Crippen LogP contribution in [0.5, 0.6) is 0 Å². The van der Waals surface area contributed by atoms with E-state index in [0.29, 0.717) is 11.7 Å². The number of benzene rings is 1. The highest BCUT2D eigenvalue weighted by molar-refractivity contribution is 5.91. The monoisotopic (exact) mass is 298 g/mol. The second kappa shape index (κ2) is 6.26. The Morgan fingerprint density at radius 1 is 1.09 bits per heavy atom. The van der Waals surface area contributed by atoms with E-state index in [1.165, 1.54) is 11.3 Å². The van der Waals surface area contributed by atoms with Crippen LogP contribution in [0.3, 0.4) is 0 Å². The van der Waals surface area contributed by atoms with Gasteiger partial charge < -0.3 is 14.2 Å². The van der Waals surface area contributed by atoms with Crippen molar-refractivity contribution in [3.8, 4) is 0 Å². The molecule has 0 N–H and O–H groups in total. The Morgan fingerprint density at radius 2 is 1.86 bits per heavy atom. The average Bonchev–Trinajstić information content (AvgIpc) is 3.09. The van der Waals surface area contributed by atoms with Gasteiger partial charge in [-0.1, -0.05) is 26.0 Å². The molecule has 1 aliphatic heterocycles. The third-order valence-electron chi connectivity index (χ3n) is 4.20. The van der Waals surface area contributed by atoms with Crippen LogP contribution in [0, 0.1) is 0 Å². The number of carbonyl (C=O) groups is 1. The van der Waals surface area contributed by atoms with Gasteiger partial charge in [0.25, 0.3) is 5.91 Å². The van der Waals surface area contributed by atoms with Crippen LogP contribution in [0.15, 0.2) is 47.1 Å². The number of carbonyl (C=O) groups excluding carboxylic acids is 1. The lowest BCUT2D eigenvalue weighted by Gasteiger charge is -2.36. The van der Waals surface area contributed by atoms with Gasteiger partial charge in [0.05, 0.1) is 6.26 Å². The van der Waals surface area contributed by atoms with Crippen molar-refractivity contribution in [2.24, 2.45) is 0 Å². The van der Waals surface area contributed by atoms with Crippen molar-refractivity contribution in [2.75, 3.05) is 31.1 Å². The predicted molar refractivity (Wildman–Crippen MR) is 87.4 cm³/mol. The first-order chi connectivity index (χ1) is 10.6. The van der Waals surface area contributed by atoms with Crippen LogP contribution >= 0.6 is 0 Å². The van der Waals surface area contributed by atoms with Gasteiger partial charge >= 0.3 is 0 Å². The van der Waals surface area contributed by atoms with Crippen LogP contribution in [0.4, 0.5) is 5.69 Å². The molecule has 1 saturated heterocycles. The Kier molecular flexibility index (Phi) is 4.18. The molecule has 0 spiro atoms. The van der Waals surface area contributed by atoms with E-state index in [2.05, 4.69) is 43.0 Å². The smallest absolute Gasteiger partial charge is 0.289 e. The van der Waals surface area contributed by atoms with Crippen molar-refractivity contribution >= 4 is 11.6 Å². The molecule has 4 nitrogen and oxygen atoms in total. The van der Waals surface area contributed by atoms with E-state index in [9.17, 15) is 4.79 Å². The molecule has 0 atom stereocenters. The molecule has 1 aromatic carbocycles. The van der Waals surface area contributed by atoms with Gasteiger partial charge in [0.1, 0.15) is 0 Å². The number of hydrogen-bond donors (Lipinski definition) is 0. The van der Waals surface area contributed by atoms with E-state index in [4.69, 9.17) is 4.42 Å². The molecule has 1 fully saturated rings. The number of piperazine rings is 1. The molecule has 0 bridgehead atoms. The summed E-state index contributed by atoms with van der Waals surface area (Å²) in [6.45, 7) is 7.58. The SMILES string of the molecule is CC(C)c1cccc(N2CCN(C(=O)c3ccco3)CC2)c1. The highest BCUT2D eigenvalue weighted by atomic mass is 16.3. The second-order valence-electron chi connectivity index (χ2n) is 6.01. The first-order valence-corrected chi connectivity index (χ1v) is 7.83. The van der Waals surface area contributed by atoms with Crippen LogP contribution in [-0.4, -0.2) is 37.0 Å². The number of hydrogen-bond acceptors (Lipinski definition) is 3. The van der Waals surface area contributed by atoms with E-state index in [-0.39, 0.29) is 5.91 Å². The van der Waals surface area contributed by atoms with Crippen molar-refractivity contribution in [3.05, 3.63) is 54.0 Å². The van der Waals surface area contributed by atoms with Crippen LogP contribution in [0.2, 0.25) is 0 Å². The largest absolute Gasteiger partial charge is 0.459 e. The average molecular weight is 298 g/mol. The molecule has 1 aliphatic rings. The highest BCUT2D eigenvalue weighted by Gasteiger charge is 2.23. The van der Waals surface area contributed by atoms with Gasteiger partial charge in [-0.3, -0.25) is 4.79 Å². The van der Waals surface area contributed by atoms with Crippen LogP contribution in [-0.2, 0) is 0 Å². The third-order valence-corrected chi connectivity index (χ3v) is 4.20. The van der Waals surface area contributed by atoms with Crippen LogP contribution in [0.1, 0.15) is 35.9 Å². The summed E-state index contributed by atoms with van der Waals surface area (Å²) in [4.78, 5) is 16.5. The van der Waals surface area contributed by atoms with Gasteiger partial charge in [-0.15, -0.1) is 0 Å². The number of furan rings is 1. The van der Waals surface area contributed by atoms with Gasteiger partial charge in [0.2, 0.25) is 0 Å². The summed E-state index contributed by atoms with van der Waals surface area (Å²) in [5, 5.41) is 0. The number of nitrogens with zero attached hydrogens (tertiary/aromatic N) is 2. The molecular formula is C18H22N2O2. The molecule has 0 saturated carbocycles. The van der Waals surface area contributed by atoms with Gasteiger partial charge in [0, 0.05) is 31.9 Å². The standard InChI is InChI=1S/C18H22N2O2/c1-14(2)15-5-3-6-16(13-15)19-8-10-20(11-9-19)18(21)17-7-4-12-22-17/h3-7,12-14H,8-11H2,1-2H3. The fraction of sp³-hybridized carbons (Fsp3) is 0.389. The molecular weight excluding hydrogens is 276 g/mol. The zero-order chi connectivity index (χ0) is 15.5. The molecule has 3 rings (SSSR count). The lowest BCUT2D eigenvalue weighted by atomic mass is 10.0. The molecule has 2 heterocycles. The normalized spacial score (nSPS) is 15.4. The summed E-state index contributed by atoms with van der Waals surface area (Å²) in [7, 11) is 0. The molecule has 22 heavy (non-hydrogen) atoms. The van der Waals surface area contributed by atoms with Crippen molar-refractivity contribution in [2.45, 2.75) is 19.8 Å². The summed E-state index contributed by atoms with van der Waals surface area (Å²) >= 11 is 0. The number of anilines is 1. The molecule has 4 heteroatoms. The Hall–Kier alpha value is -2.23. The van der Waals surface area contributed by atoms with Crippen molar-refractivity contribution in [1.82, 2.24) is 4.90 Å². The van der Waals surface area contributed by atoms with E-state index in [1.807, 2.05) is 4.90 Å². The van der Waals surface area contributed by atoms with E-state index in [1.54, 1.807) is 18.4 Å². The summed E-state index contributed by atoms with van der Waals surface area (Å²) in [5.74, 6) is 0.942. The molecule has 0 radical (unpaired) electrons. The zero-order valence-electron chi connectivity index (χ0n) is 13.2. The van der Waals surface area contributed by atoms with Gasteiger partial charge in [-0.25, -0.2) is 0 Å². The molecule has 116 valence electrons. The maximum Gasteiger partial charge on any atom is 0.289 e. The third kappa shape index (κ3) is 3.01. The molecule has 2 aromatic rings. The quantitative estimate of drug-likeness (QED) is 0.872. The maximum absolute atomic E-state index is 12.3. The van der Waals surface area contributed by atoms with Gasteiger partial charge in [-0.2, -0.15) is 0 Å². The molecule has 1 aromatic heterocycles. The summed E-state index contributed by atoms with van der Waals surface area (Å²) in [6.07, 6.45) is 1.54. The molecule has 0 aliphatic carbocycles. The number of rotatable bonds is 3. The lowest BCUT2D eigenvalue weighted by molar-refractivity contribution is 0.0714. The van der Waals surface area contributed by atoms with Gasteiger partial charge in [0.15, 0.2) is 5.76 Å². The molecule has 1 amide bonds. The minimum Gasteiger partial charge on any atom is -0.459 e. The lowest BCUT2D eigenvalue weighted by Crippen LogP contribution is -2.48. The fourth-order valence-corrected chi connectivity index (χ4v) is 2.80. The van der Waals surface area contributed by atoms with Crippen molar-refractivity contribution in [3.63, 3.8) is 0 Å². The maximum atomic E-state index is 12.3. The Morgan fingerprint density at radius 3 is 2.50 bits per heavy atom. The van der Waals surface area contributed by atoms with E-state index in [0.717, 1.165) is 26.2 Å². The van der Waals surface area contributed by atoms with Crippen LogP contribution in [0.25, 0.3) is 0 Å². The van der Waals surface area contributed by atoms with Crippen molar-refractivity contribution in [1.29, 1.82) is 0 Å². The summed E-state index contributed by atoms with van der Waals surface area (Å²) in [5.41, 5.74) is 2.60. The summed E-state index contributed by atoms with van der Waals surface area (Å²) < 4.78 is 5.20. The minimum absolute atomic E-state index is 0.0134. The first-order valence-electron chi connectivity index (χ1n) is 7.83. The fourth-order valence-electron chi connectivity index (χ4n) is 2.80. The zero-order valence-corrected chi connectivity index (χ0v) is 13.2. The van der Waals surface area contributed by atoms with Crippen molar-refractivity contribution < 1.29 is 9.21 Å². The number of amides is 1. The van der Waals surface area contributed by atoms with Gasteiger partial charge in [-0.05, 0) is 35.7 Å². The predicted octanol–water partition coefficient (Wildman–Crippen LogP) is 3.37. The Balaban J connectivity index is 1.64. The first kappa shape index (κ1) is 14.7. The second-order valence-corrected chi connectivity index (χ2v) is 6.01. The van der Waals surface area contributed by atoms with E-state index >= 15 is 0 Å². The van der Waals surface area contributed by atoms with E-state index < -0.39 is 0 Å². The van der Waals surface area contributed by atoms with Crippen LogP contribution < -0.4 is 4.90 Å². The topological polar surface area (TPSA) is 36.7 Å². The molecule has 0 unspecified atom stereocenters. The summed E-state index contributed by atoms with van der Waals surface area (Å²) in [6, 6.07) is 12.2.